The third kappa shape index (κ3) is 5.96. The van der Waals surface area contributed by atoms with Crippen molar-refractivity contribution in [3.63, 3.8) is 0 Å². The van der Waals surface area contributed by atoms with E-state index in [-0.39, 0.29) is 11.3 Å². The molecule has 0 saturated heterocycles. The highest BCUT2D eigenvalue weighted by atomic mass is 15.2. The van der Waals surface area contributed by atoms with Gasteiger partial charge in [-0.25, -0.2) is 4.99 Å². The van der Waals surface area contributed by atoms with E-state index in [9.17, 15) is 10.5 Å². The molecule has 1 aliphatic carbocycles. The van der Waals surface area contributed by atoms with Gasteiger partial charge in [0, 0.05) is 41.3 Å². The minimum Gasteiger partial charge on any atom is -0.310 e. The molecule has 0 amide bonds. The maximum absolute atomic E-state index is 9.98. The molecule has 0 atom stereocenters. The van der Waals surface area contributed by atoms with Crippen molar-refractivity contribution in [1.29, 1.82) is 10.5 Å². The normalized spacial score (nSPS) is 14.8. The van der Waals surface area contributed by atoms with Gasteiger partial charge in [0.15, 0.2) is 5.71 Å². The van der Waals surface area contributed by atoms with Gasteiger partial charge in [-0.1, -0.05) is 104 Å². The second-order valence-corrected chi connectivity index (χ2v) is 13.2. The number of hydrogen-bond donors (Lipinski definition) is 0. The Morgan fingerprint density at radius 2 is 1.29 bits per heavy atom. The largest absolute Gasteiger partial charge is 0.310 e. The van der Waals surface area contributed by atoms with Gasteiger partial charge in [0.05, 0.1) is 17.0 Å². The van der Waals surface area contributed by atoms with Crippen molar-refractivity contribution in [3.05, 3.63) is 202 Å². The molecule has 2 heterocycles. The molecular weight excluding hydrogens is 635 g/mol. The fourth-order valence-corrected chi connectivity index (χ4v) is 7.39. The maximum Gasteiger partial charge on any atom is 0.158 e. The third-order valence-electron chi connectivity index (χ3n) is 9.89. The lowest BCUT2D eigenvalue weighted by atomic mass is 9.92. The number of aryl methyl sites for hydroxylation is 1. The molecule has 2 aliphatic heterocycles. The first-order valence-electron chi connectivity index (χ1n) is 17.4. The van der Waals surface area contributed by atoms with Gasteiger partial charge in [-0.05, 0) is 101 Å². The van der Waals surface area contributed by atoms with E-state index in [0.29, 0.717) is 12.1 Å². The molecule has 8 rings (SSSR count). The van der Waals surface area contributed by atoms with Crippen LogP contribution in [-0.4, -0.2) is 5.71 Å². The molecular formula is C47H35N5. The van der Waals surface area contributed by atoms with Crippen LogP contribution in [0.3, 0.4) is 0 Å². The first-order valence-corrected chi connectivity index (χ1v) is 17.4. The first-order chi connectivity index (χ1) is 25.5. The van der Waals surface area contributed by atoms with Crippen molar-refractivity contribution in [2.45, 2.75) is 26.2 Å². The molecule has 5 nitrogen and oxygen atoms in total. The molecule has 248 valence electrons. The summed E-state index contributed by atoms with van der Waals surface area (Å²) in [6, 6.07) is 44.7. The fraction of sp³-hybridized carbons (Fsp3) is 0.0851. The Balaban J connectivity index is 1.20. The quantitative estimate of drug-likeness (QED) is 0.131. The van der Waals surface area contributed by atoms with Gasteiger partial charge in [-0.2, -0.15) is 10.5 Å². The Bertz CT molecular complexity index is 2450. The number of hydrogen-bond acceptors (Lipinski definition) is 5. The van der Waals surface area contributed by atoms with Crippen molar-refractivity contribution in [3.8, 4) is 12.1 Å². The molecule has 0 fully saturated rings. The Hall–Kier alpha value is -6.95. The molecule has 0 saturated carbocycles. The van der Waals surface area contributed by atoms with Crippen LogP contribution < -0.4 is 9.80 Å². The van der Waals surface area contributed by atoms with Gasteiger partial charge >= 0.3 is 0 Å². The lowest BCUT2D eigenvalue weighted by Gasteiger charge is -2.35. The molecule has 0 bridgehead atoms. The van der Waals surface area contributed by atoms with Gasteiger partial charge in [-0.15, -0.1) is 0 Å². The molecule has 5 aromatic carbocycles. The zero-order valence-corrected chi connectivity index (χ0v) is 28.9. The van der Waals surface area contributed by atoms with Crippen molar-refractivity contribution in [2.75, 3.05) is 9.80 Å². The van der Waals surface area contributed by atoms with E-state index in [0.717, 1.165) is 35.4 Å². The number of nitrogens with zero attached hydrogens (tertiary/aromatic N) is 5. The third-order valence-corrected chi connectivity index (χ3v) is 9.89. The minimum atomic E-state index is -0.000240. The topological polar surface area (TPSA) is 66.4 Å². The summed E-state index contributed by atoms with van der Waals surface area (Å²) in [6.45, 7) is 5.96. The first kappa shape index (κ1) is 32.3. The van der Waals surface area contributed by atoms with E-state index in [4.69, 9.17) is 4.99 Å². The summed E-state index contributed by atoms with van der Waals surface area (Å²) in [5.41, 5.74) is 15.7. The maximum atomic E-state index is 9.98. The molecule has 0 unspecified atom stereocenters. The molecule has 5 heteroatoms. The Kier molecular flexibility index (Phi) is 8.53. The van der Waals surface area contributed by atoms with Crippen LogP contribution in [0.25, 0.3) is 6.08 Å². The Morgan fingerprint density at radius 3 is 1.92 bits per heavy atom. The lowest BCUT2D eigenvalue weighted by Crippen LogP contribution is -2.23. The number of fused-ring (bicyclic) bond motifs is 4. The van der Waals surface area contributed by atoms with E-state index >= 15 is 0 Å². The number of rotatable bonds is 6. The Labute approximate surface area is 305 Å². The standard InChI is InChI=1S/C47H35N5/c1-32-11-9-16-39-29-38-14-5-8-20-46(38)52(47(32)39)40-17-10-15-35(23-26-40)42(50-43(31-49)33(2)30-48)27-34-21-24-41(25-22-34)51-44-18-6-3-12-36(44)28-37-13-4-7-19-45(37)51/h3-14,16-27H,2,15,28-29H2,1H3/b42-27+,50-43?. The monoisotopic (exact) mass is 669 g/mol. The van der Waals surface area contributed by atoms with Crippen LogP contribution in [0.15, 0.2) is 174 Å². The van der Waals surface area contributed by atoms with Gasteiger partial charge in [-0.3, -0.25) is 0 Å². The highest BCUT2D eigenvalue weighted by Gasteiger charge is 2.26. The van der Waals surface area contributed by atoms with E-state index < -0.39 is 0 Å². The van der Waals surface area contributed by atoms with E-state index in [1.165, 1.54) is 50.6 Å². The van der Waals surface area contributed by atoms with Crippen LogP contribution in [0.5, 0.6) is 0 Å². The van der Waals surface area contributed by atoms with Crippen LogP contribution in [0.1, 0.15) is 39.8 Å². The Morgan fingerprint density at radius 1 is 0.692 bits per heavy atom. The SMILES string of the molecule is C=C(C#N)C(C#N)=N/C(=C/c1ccc(N2c3ccccc3Cc3ccccc32)cc1)C1=CC=C(N2c3ccccc3Cc3cccc(C)c32)C=CC1. The van der Waals surface area contributed by atoms with E-state index in [1.54, 1.807) is 0 Å². The van der Waals surface area contributed by atoms with Crippen molar-refractivity contribution >= 4 is 40.2 Å². The van der Waals surface area contributed by atoms with Gasteiger partial charge in [0.1, 0.15) is 12.1 Å². The molecule has 0 N–H and O–H groups in total. The summed E-state index contributed by atoms with van der Waals surface area (Å²) < 4.78 is 0. The number of anilines is 5. The zero-order chi connectivity index (χ0) is 35.6. The molecule has 0 aromatic heterocycles. The predicted molar refractivity (Wildman–Crippen MR) is 212 cm³/mol. The lowest BCUT2D eigenvalue weighted by molar-refractivity contribution is 1.05. The summed E-state index contributed by atoms with van der Waals surface area (Å²) >= 11 is 0. The van der Waals surface area contributed by atoms with E-state index in [1.807, 2.05) is 12.1 Å². The predicted octanol–water partition coefficient (Wildman–Crippen LogP) is 11.3. The number of para-hydroxylation sites is 4. The summed E-state index contributed by atoms with van der Waals surface area (Å²) in [7, 11) is 0. The van der Waals surface area contributed by atoms with Crippen LogP contribution >= 0.6 is 0 Å². The fourth-order valence-electron chi connectivity index (χ4n) is 7.39. The van der Waals surface area contributed by atoms with Gasteiger partial charge in [0.25, 0.3) is 0 Å². The van der Waals surface area contributed by atoms with Gasteiger partial charge in [0.2, 0.25) is 0 Å². The van der Waals surface area contributed by atoms with Crippen molar-refractivity contribution in [1.82, 2.24) is 0 Å². The number of aliphatic imine (C=N–C) groups is 1. The van der Waals surface area contributed by atoms with Crippen LogP contribution in [0.4, 0.5) is 28.4 Å². The number of allylic oxidation sites excluding steroid dienone is 6. The van der Waals surface area contributed by atoms with Crippen LogP contribution in [0, 0.1) is 29.6 Å². The molecule has 0 radical (unpaired) electrons. The van der Waals surface area contributed by atoms with Gasteiger partial charge < -0.3 is 9.80 Å². The summed E-state index contributed by atoms with van der Waals surface area (Å²) in [5, 5.41) is 19.6. The highest BCUT2D eigenvalue weighted by Crippen LogP contribution is 2.45. The second kappa shape index (κ2) is 13.8. The minimum absolute atomic E-state index is 0.000240. The number of benzene rings is 5. The van der Waals surface area contributed by atoms with Crippen LogP contribution in [0.2, 0.25) is 0 Å². The molecule has 0 spiro atoms. The second-order valence-electron chi connectivity index (χ2n) is 13.2. The van der Waals surface area contributed by atoms with E-state index in [2.05, 4.69) is 169 Å². The highest BCUT2D eigenvalue weighted by molar-refractivity contribution is 6.14. The number of nitriles is 2. The molecule has 5 aromatic rings. The van der Waals surface area contributed by atoms with Crippen molar-refractivity contribution in [2.24, 2.45) is 4.99 Å². The summed E-state index contributed by atoms with van der Waals surface area (Å²) in [5.74, 6) is 0. The summed E-state index contributed by atoms with van der Waals surface area (Å²) in [4.78, 5) is 9.42. The molecule has 52 heavy (non-hydrogen) atoms. The average Bonchev–Trinajstić information content (AvgIpc) is 3.44. The average molecular weight is 670 g/mol. The molecule has 3 aliphatic rings. The summed E-state index contributed by atoms with van der Waals surface area (Å²) in [6.07, 6.45) is 12.9. The van der Waals surface area contributed by atoms with Crippen molar-refractivity contribution < 1.29 is 0 Å². The zero-order valence-electron chi connectivity index (χ0n) is 28.9. The smallest absolute Gasteiger partial charge is 0.158 e. The van der Waals surface area contributed by atoms with Crippen LogP contribution in [-0.2, 0) is 12.8 Å².